The number of anilines is 2. The molecule has 1 aliphatic rings. The summed E-state index contributed by atoms with van der Waals surface area (Å²) in [6.45, 7) is 0. The number of rotatable bonds is 6. The van der Waals surface area contributed by atoms with Crippen molar-refractivity contribution in [2.45, 2.75) is 10.3 Å². The number of thioether (sulfide) groups is 1. The summed E-state index contributed by atoms with van der Waals surface area (Å²) in [4.78, 5) is 14.2. The molecule has 1 saturated heterocycles. The van der Waals surface area contributed by atoms with E-state index in [0.29, 0.717) is 17.1 Å². The van der Waals surface area contributed by atoms with Gasteiger partial charge < -0.3 is 4.74 Å². The first kappa shape index (κ1) is 21.2. The van der Waals surface area contributed by atoms with E-state index >= 15 is 0 Å². The quantitative estimate of drug-likeness (QED) is 0.592. The van der Waals surface area contributed by atoms with E-state index in [0.717, 1.165) is 5.56 Å². The summed E-state index contributed by atoms with van der Waals surface area (Å²) in [6.07, 6.45) is 0. The topological polar surface area (TPSA) is 75.7 Å². The number of sulfonamides is 1. The van der Waals surface area contributed by atoms with Gasteiger partial charge in [-0.1, -0.05) is 12.1 Å². The van der Waals surface area contributed by atoms with Gasteiger partial charge in [-0.3, -0.25) is 14.4 Å². The van der Waals surface area contributed by atoms with Crippen molar-refractivity contribution in [3.63, 3.8) is 0 Å². The Morgan fingerprint density at radius 3 is 2.45 bits per heavy atom. The first-order valence-electron chi connectivity index (χ1n) is 9.33. The molecule has 1 unspecified atom stereocenters. The van der Waals surface area contributed by atoms with E-state index in [1.165, 1.54) is 43.1 Å². The summed E-state index contributed by atoms with van der Waals surface area (Å²) in [7, 11) is -2.29. The average molecular weight is 459 g/mol. The van der Waals surface area contributed by atoms with Crippen LogP contribution in [0.4, 0.5) is 15.8 Å². The Hall–Kier alpha value is -3.04. The van der Waals surface area contributed by atoms with E-state index in [1.807, 2.05) is 6.07 Å². The molecule has 0 saturated carbocycles. The van der Waals surface area contributed by atoms with Crippen LogP contribution >= 0.6 is 11.8 Å². The number of hydrogen-bond donors (Lipinski definition) is 1. The second kappa shape index (κ2) is 8.60. The zero-order valence-electron chi connectivity index (χ0n) is 16.5. The van der Waals surface area contributed by atoms with Gasteiger partial charge in [0, 0.05) is 11.4 Å². The average Bonchev–Trinajstić information content (AvgIpc) is 3.15. The Labute approximate surface area is 184 Å². The summed E-state index contributed by atoms with van der Waals surface area (Å²) < 4.78 is 46.4. The molecule has 0 spiro atoms. The van der Waals surface area contributed by atoms with Crippen LogP contribution in [0, 0.1) is 5.82 Å². The number of amides is 1. The Bertz CT molecular complexity index is 1200. The molecule has 9 heteroatoms. The van der Waals surface area contributed by atoms with Crippen LogP contribution in [0.2, 0.25) is 0 Å². The van der Waals surface area contributed by atoms with Crippen molar-refractivity contribution in [2.75, 3.05) is 22.5 Å². The first-order chi connectivity index (χ1) is 14.9. The number of carbonyl (C=O) groups is 1. The number of carbonyl (C=O) groups excluding carboxylic acids is 1. The SMILES string of the molecule is COc1ccc(S(=O)(=O)Nc2cccc(C3SCC(=O)N3c3ccc(F)cc3)c2)cc1. The molecule has 1 amide bonds. The van der Waals surface area contributed by atoms with Gasteiger partial charge >= 0.3 is 0 Å². The van der Waals surface area contributed by atoms with Gasteiger partial charge in [-0.2, -0.15) is 0 Å². The molecule has 31 heavy (non-hydrogen) atoms. The molecule has 1 atom stereocenters. The second-order valence-corrected chi connectivity index (χ2v) is 9.56. The van der Waals surface area contributed by atoms with Gasteiger partial charge in [0.2, 0.25) is 5.91 Å². The molecule has 1 N–H and O–H groups in total. The van der Waals surface area contributed by atoms with E-state index in [4.69, 9.17) is 4.74 Å². The van der Waals surface area contributed by atoms with Crippen molar-refractivity contribution >= 4 is 39.1 Å². The molecule has 4 rings (SSSR count). The number of ether oxygens (including phenoxy) is 1. The molecule has 0 bridgehead atoms. The lowest BCUT2D eigenvalue weighted by Gasteiger charge is -2.24. The Morgan fingerprint density at radius 1 is 1.06 bits per heavy atom. The summed E-state index contributed by atoms with van der Waals surface area (Å²) in [5, 5.41) is -0.344. The van der Waals surface area contributed by atoms with Crippen molar-refractivity contribution < 1.29 is 22.3 Å². The third kappa shape index (κ3) is 4.52. The smallest absolute Gasteiger partial charge is 0.261 e. The van der Waals surface area contributed by atoms with E-state index < -0.39 is 10.0 Å². The fourth-order valence-electron chi connectivity index (χ4n) is 3.28. The lowest BCUT2D eigenvalue weighted by molar-refractivity contribution is -0.115. The van der Waals surface area contributed by atoms with Crippen molar-refractivity contribution in [3.05, 3.63) is 84.2 Å². The highest BCUT2D eigenvalue weighted by molar-refractivity contribution is 8.00. The molecule has 1 aliphatic heterocycles. The molecular weight excluding hydrogens is 439 g/mol. The maximum atomic E-state index is 13.3. The lowest BCUT2D eigenvalue weighted by Crippen LogP contribution is -2.27. The number of nitrogens with one attached hydrogen (secondary N) is 1. The van der Waals surface area contributed by atoms with Crippen LogP contribution in [-0.4, -0.2) is 27.2 Å². The van der Waals surface area contributed by atoms with E-state index in [1.54, 1.807) is 47.4 Å². The molecule has 1 heterocycles. The Balaban J connectivity index is 1.60. The molecule has 3 aromatic rings. The maximum absolute atomic E-state index is 13.3. The van der Waals surface area contributed by atoms with Crippen molar-refractivity contribution in [1.82, 2.24) is 0 Å². The van der Waals surface area contributed by atoms with Gasteiger partial charge in [-0.05, 0) is 66.2 Å². The van der Waals surface area contributed by atoms with Gasteiger partial charge in [-0.25, -0.2) is 12.8 Å². The predicted octanol–water partition coefficient (Wildman–Crippen LogP) is 4.41. The van der Waals surface area contributed by atoms with E-state index in [2.05, 4.69) is 4.72 Å². The molecule has 0 aliphatic carbocycles. The lowest BCUT2D eigenvalue weighted by atomic mass is 10.1. The fourth-order valence-corrected chi connectivity index (χ4v) is 5.49. The van der Waals surface area contributed by atoms with Crippen molar-refractivity contribution in [1.29, 1.82) is 0 Å². The largest absolute Gasteiger partial charge is 0.497 e. The zero-order chi connectivity index (χ0) is 22.0. The summed E-state index contributed by atoms with van der Waals surface area (Å²) in [5.41, 5.74) is 1.73. The van der Waals surface area contributed by atoms with Gasteiger partial charge in [0.05, 0.1) is 17.8 Å². The number of halogens is 1. The van der Waals surface area contributed by atoms with E-state index in [9.17, 15) is 17.6 Å². The van der Waals surface area contributed by atoms with Crippen molar-refractivity contribution in [2.24, 2.45) is 0 Å². The molecule has 1 fully saturated rings. The van der Waals surface area contributed by atoms with Crippen LogP contribution in [0.5, 0.6) is 5.75 Å². The minimum absolute atomic E-state index is 0.0918. The predicted molar refractivity (Wildman–Crippen MR) is 119 cm³/mol. The molecule has 6 nitrogen and oxygen atoms in total. The van der Waals surface area contributed by atoms with E-state index in [-0.39, 0.29) is 27.7 Å². The molecule has 3 aromatic carbocycles. The van der Waals surface area contributed by atoms with Crippen LogP contribution < -0.4 is 14.4 Å². The molecule has 160 valence electrons. The molecule has 0 radical (unpaired) electrons. The van der Waals surface area contributed by atoms with Crippen LogP contribution in [0.15, 0.2) is 77.7 Å². The standard InChI is InChI=1S/C22H19FN2O4S2/c1-29-19-9-11-20(12-10-19)31(27,28)24-17-4-2-3-15(13-17)22-25(21(26)14-30-22)18-7-5-16(23)6-8-18/h2-13,22,24H,14H2,1H3. The third-order valence-electron chi connectivity index (χ3n) is 4.77. The third-order valence-corrected chi connectivity index (χ3v) is 7.38. The van der Waals surface area contributed by atoms with Gasteiger partial charge in [0.15, 0.2) is 0 Å². The molecule has 0 aromatic heterocycles. The van der Waals surface area contributed by atoms with Crippen LogP contribution in [0.1, 0.15) is 10.9 Å². The van der Waals surface area contributed by atoms with Gasteiger partial charge in [0.25, 0.3) is 10.0 Å². The number of methoxy groups -OCH3 is 1. The maximum Gasteiger partial charge on any atom is 0.261 e. The van der Waals surface area contributed by atoms with Crippen LogP contribution in [0.3, 0.4) is 0 Å². The minimum Gasteiger partial charge on any atom is -0.497 e. The Morgan fingerprint density at radius 2 is 1.77 bits per heavy atom. The van der Waals surface area contributed by atoms with Gasteiger partial charge in [-0.15, -0.1) is 11.8 Å². The summed E-state index contributed by atoms with van der Waals surface area (Å²) in [6, 6.07) is 18.7. The van der Waals surface area contributed by atoms with Crippen molar-refractivity contribution in [3.8, 4) is 5.75 Å². The molecular formula is C22H19FN2O4S2. The number of benzene rings is 3. The fraction of sp³-hybridized carbons (Fsp3) is 0.136. The zero-order valence-corrected chi connectivity index (χ0v) is 18.1. The minimum atomic E-state index is -3.79. The monoisotopic (exact) mass is 458 g/mol. The summed E-state index contributed by atoms with van der Waals surface area (Å²) >= 11 is 1.43. The van der Waals surface area contributed by atoms with Crippen LogP contribution in [0.25, 0.3) is 0 Å². The highest BCUT2D eigenvalue weighted by Gasteiger charge is 2.34. The van der Waals surface area contributed by atoms with Gasteiger partial charge in [0.1, 0.15) is 16.9 Å². The summed E-state index contributed by atoms with van der Waals surface area (Å²) in [5.74, 6) is 0.370. The Kier molecular flexibility index (Phi) is 5.88. The highest BCUT2D eigenvalue weighted by Crippen LogP contribution is 2.42. The number of nitrogens with zero attached hydrogens (tertiary/aromatic N) is 1. The number of hydrogen-bond acceptors (Lipinski definition) is 5. The normalized spacial score (nSPS) is 16.4. The van der Waals surface area contributed by atoms with Crippen LogP contribution in [-0.2, 0) is 14.8 Å². The first-order valence-corrected chi connectivity index (χ1v) is 11.9. The highest BCUT2D eigenvalue weighted by atomic mass is 32.2. The second-order valence-electron chi connectivity index (χ2n) is 6.81.